The van der Waals surface area contributed by atoms with E-state index in [0.717, 1.165) is 16.8 Å². The zero-order valence-corrected chi connectivity index (χ0v) is 12.3. The minimum absolute atomic E-state index is 0.270. The third-order valence-electron chi connectivity index (χ3n) is 3.38. The quantitative estimate of drug-likeness (QED) is 0.802. The Morgan fingerprint density at radius 1 is 1.25 bits per heavy atom. The maximum Gasteiger partial charge on any atom is 0.316 e. The van der Waals surface area contributed by atoms with Gasteiger partial charge in [-0.2, -0.15) is 0 Å². The van der Waals surface area contributed by atoms with Crippen LogP contribution in [-0.2, 0) is 21.6 Å². The lowest BCUT2D eigenvalue weighted by atomic mass is 9.83. The van der Waals surface area contributed by atoms with Crippen LogP contribution in [0.25, 0.3) is 0 Å². The molecule has 4 nitrogen and oxygen atoms in total. The summed E-state index contributed by atoms with van der Waals surface area (Å²) in [6, 6.07) is 9.62. The SMILES string of the molecule is Cc1noc(C)c1C(C)(C)C(=O)OCc1ccccc1. The summed E-state index contributed by atoms with van der Waals surface area (Å²) in [5.74, 6) is 0.375. The van der Waals surface area contributed by atoms with E-state index in [4.69, 9.17) is 9.26 Å². The first-order chi connectivity index (χ1) is 9.43. The molecule has 1 heterocycles. The van der Waals surface area contributed by atoms with Gasteiger partial charge in [0.15, 0.2) is 0 Å². The lowest BCUT2D eigenvalue weighted by molar-refractivity contribution is -0.150. The Morgan fingerprint density at radius 3 is 2.45 bits per heavy atom. The maximum atomic E-state index is 12.3. The van der Waals surface area contributed by atoms with Gasteiger partial charge in [-0.05, 0) is 33.3 Å². The highest BCUT2D eigenvalue weighted by atomic mass is 16.5. The van der Waals surface area contributed by atoms with E-state index in [-0.39, 0.29) is 12.6 Å². The molecule has 0 N–H and O–H groups in total. The van der Waals surface area contributed by atoms with Gasteiger partial charge in [-0.25, -0.2) is 0 Å². The Kier molecular flexibility index (Phi) is 3.93. The zero-order chi connectivity index (χ0) is 14.8. The Morgan fingerprint density at radius 2 is 1.90 bits per heavy atom. The molecule has 0 unspecified atom stereocenters. The summed E-state index contributed by atoms with van der Waals surface area (Å²) in [4.78, 5) is 12.3. The third kappa shape index (κ3) is 2.74. The van der Waals surface area contributed by atoms with E-state index in [1.165, 1.54) is 0 Å². The standard InChI is InChI=1S/C16H19NO3/c1-11-14(12(2)20-17-11)16(3,4)15(18)19-10-13-8-6-5-7-9-13/h5-9H,10H2,1-4H3. The summed E-state index contributed by atoms with van der Waals surface area (Å²) in [5, 5.41) is 3.90. The first kappa shape index (κ1) is 14.3. The van der Waals surface area contributed by atoms with Gasteiger partial charge in [-0.15, -0.1) is 0 Å². The summed E-state index contributed by atoms with van der Waals surface area (Å²) in [6.45, 7) is 7.56. The largest absolute Gasteiger partial charge is 0.460 e. The zero-order valence-electron chi connectivity index (χ0n) is 12.3. The average molecular weight is 273 g/mol. The fraction of sp³-hybridized carbons (Fsp3) is 0.375. The van der Waals surface area contributed by atoms with Gasteiger partial charge < -0.3 is 9.26 Å². The van der Waals surface area contributed by atoms with Gasteiger partial charge in [-0.3, -0.25) is 4.79 Å². The monoisotopic (exact) mass is 273 g/mol. The van der Waals surface area contributed by atoms with Crippen LogP contribution in [0.4, 0.5) is 0 Å². The number of benzene rings is 1. The second kappa shape index (κ2) is 5.49. The van der Waals surface area contributed by atoms with E-state index in [9.17, 15) is 4.79 Å². The molecule has 106 valence electrons. The van der Waals surface area contributed by atoms with Crippen molar-refractivity contribution in [1.82, 2.24) is 5.16 Å². The fourth-order valence-electron chi connectivity index (χ4n) is 2.38. The van der Waals surface area contributed by atoms with Gasteiger partial charge >= 0.3 is 5.97 Å². The Labute approximate surface area is 118 Å². The Hall–Kier alpha value is -2.10. The van der Waals surface area contributed by atoms with Crippen molar-refractivity contribution in [3.63, 3.8) is 0 Å². The van der Waals surface area contributed by atoms with Crippen molar-refractivity contribution in [1.29, 1.82) is 0 Å². The molecule has 0 bridgehead atoms. The number of rotatable bonds is 4. The van der Waals surface area contributed by atoms with Crippen molar-refractivity contribution in [2.24, 2.45) is 0 Å². The first-order valence-electron chi connectivity index (χ1n) is 6.57. The third-order valence-corrected chi connectivity index (χ3v) is 3.38. The highest BCUT2D eigenvalue weighted by Gasteiger charge is 2.36. The summed E-state index contributed by atoms with van der Waals surface area (Å²) in [7, 11) is 0. The maximum absolute atomic E-state index is 12.3. The molecule has 0 saturated heterocycles. The predicted molar refractivity (Wildman–Crippen MR) is 75.2 cm³/mol. The van der Waals surface area contributed by atoms with E-state index in [0.29, 0.717) is 5.76 Å². The molecule has 0 amide bonds. The molecule has 4 heteroatoms. The molecule has 1 aromatic carbocycles. The summed E-state index contributed by atoms with van der Waals surface area (Å²) >= 11 is 0. The lowest BCUT2D eigenvalue weighted by Gasteiger charge is -2.22. The van der Waals surface area contributed by atoms with Crippen LogP contribution in [-0.4, -0.2) is 11.1 Å². The van der Waals surface area contributed by atoms with Gasteiger partial charge in [0.25, 0.3) is 0 Å². The number of ether oxygens (including phenoxy) is 1. The van der Waals surface area contributed by atoms with Crippen molar-refractivity contribution < 1.29 is 14.1 Å². The van der Waals surface area contributed by atoms with Crippen LogP contribution in [0.15, 0.2) is 34.9 Å². The molecule has 2 rings (SSSR count). The van der Waals surface area contributed by atoms with Crippen molar-refractivity contribution in [2.45, 2.75) is 39.7 Å². The van der Waals surface area contributed by atoms with Gasteiger partial charge in [0.05, 0.1) is 11.1 Å². The molecule has 0 aliphatic heterocycles. The molecule has 0 fully saturated rings. The summed E-state index contributed by atoms with van der Waals surface area (Å²) < 4.78 is 10.6. The summed E-state index contributed by atoms with van der Waals surface area (Å²) in [5.41, 5.74) is 1.72. The number of carbonyl (C=O) groups is 1. The van der Waals surface area contributed by atoms with E-state index in [1.54, 1.807) is 0 Å². The van der Waals surface area contributed by atoms with Crippen molar-refractivity contribution >= 4 is 5.97 Å². The van der Waals surface area contributed by atoms with Crippen LogP contribution in [0.3, 0.4) is 0 Å². The number of aryl methyl sites for hydroxylation is 2. The lowest BCUT2D eigenvalue weighted by Crippen LogP contribution is -2.32. The Balaban J connectivity index is 2.12. The van der Waals surface area contributed by atoms with Crippen molar-refractivity contribution in [3.8, 4) is 0 Å². The van der Waals surface area contributed by atoms with E-state index >= 15 is 0 Å². The minimum atomic E-state index is -0.775. The van der Waals surface area contributed by atoms with Crippen molar-refractivity contribution in [3.05, 3.63) is 52.9 Å². The number of hydrogen-bond acceptors (Lipinski definition) is 4. The number of nitrogens with zero attached hydrogens (tertiary/aromatic N) is 1. The number of aromatic nitrogens is 1. The molecule has 0 aliphatic carbocycles. The Bertz CT molecular complexity index is 580. The van der Waals surface area contributed by atoms with Crippen LogP contribution in [0.5, 0.6) is 0 Å². The van der Waals surface area contributed by atoms with Crippen LogP contribution in [0, 0.1) is 13.8 Å². The number of hydrogen-bond donors (Lipinski definition) is 0. The molecular weight excluding hydrogens is 254 g/mol. The highest BCUT2D eigenvalue weighted by molar-refractivity contribution is 5.82. The second-order valence-electron chi connectivity index (χ2n) is 5.39. The van der Waals surface area contributed by atoms with Gasteiger partial charge in [-0.1, -0.05) is 35.5 Å². The number of esters is 1. The van der Waals surface area contributed by atoms with E-state index in [2.05, 4.69) is 5.16 Å². The summed E-state index contributed by atoms with van der Waals surface area (Å²) in [6.07, 6.45) is 0. The first-order valence-corrected chi connectivity index (χ1v) is 6.57. The minimum Gasteiger partial charge on any atom is -0.460 e. The predicted octanol–water partition coefficient (Wildman–Crippen LogP) is 3.31. The molecule has 0 saturated carbocycles. The smallest absolute Gasteiger partial charge is 0.316 e. The molecule has 1 aromatic heterocycles. The van der Waals surface area contributed by atoms with Crippen LogP contribution >= 0.6 is 0 Å². The van der Waals surface area contributed by atoms with Crippen LogP contribution in [0.1, 0.15) is 36.4 Å². The molecule has 0 aliphatic rings. The molecule has 0 atom stereocenters. The van der Waals surface area contributed by atoms with Gasteiger partial charge in [0, 0.05) is 5.56 Å². The van der Waals surface area contributed by atoms with E-state index in [1.807, 2.05) is 58.0 Å². The highest BCUT2D eigenvalue weighted by Crippen LogP contribution is 2.30. The normalized spacial score (nSPS) is 11.4. The fourth-order valence-corrected chi connectivity index (χ4v) is 2.38. The average Bonchev–Trinajstić information content (AvgIpc) is 2.77. The molecular formula is C16H19NO3. The number of carbonyl (C=O) groups excluding carboxylic acids is 1. The molecule has 0 radical (unpaired) electrons. The molecule has 0 spiro atoms. The molecule has 2 aromatic rings. The van der Waals surface area contributed by atoms with Crippen molar-refractivity contribution in [2.75, 3.05) is 0 Å². The van der Waals surface area contributed by atoms with Crippen LogP contribution in [0.2, 0.25) is 0 Å². The topological polar surface area (TPSA) is 52.3 Å². The molecule has 20 heavy (non-hydrogen) atoms. The second-order valence-corrected chi connectivity index (χ2v) is 5.39. The van der Waals surface area contributed by atoms with Gasteiger partial charge in [0.1, 0.15) is 12.4 Å². The van der Waals surface area contributed by atoms with Crippen LogP contribution < -0.4 is 0 Å². The van der Waals surface area contributed by atoms with Gasteiger partial charge in [0.2, 0.25) is 0 Å². The van der Waals surface area contributed by atoms with E-state index < -0.39 is 5.41 Å².